The van der Waals surface area contributed by atoms with Crippen LogP contribution in [0.15, 0.2) is 53.6 Å². The number of hydrogen-bond donors (Lipinski definition) is 3. The lowest BCUT2D eigenvalue weighted by atomic mass is 10.1. The number of aliphatic hydroxyl groups is 1. The number of hydrogen-bond acceptors (Lipinski definition) is 4. The molecule has 2 rings (SSSR count). The second kappa shape index (κ2) is 6.67. The van der Waals surface area contributed by atoms with Gasteiger partial charge in [-0.15, -0.1) is 0 Å². The van der Waals surface area contributed by atoms with Gasteiger partial charge in [-0.05, 0) is 24.6 Å². The minimum absolute atomic E-state index is 0.0715. The lowest BCUT2D eigenvalue weighted by Gasteiger charge is -2.08. The quantitative estimate of drug-likeness (QED) is 0.592. The van der Waals surface area contributed by atoms with Crippen LogP contribution < -0.4 is 5.43 Å². The van der Waals surface area contributed by atoms with Gasteiger partial charge in [-0.1, -0.05) is 42.0 Å². The Hall–Kier alpha value is -2.66. The zero-order valence-corrected chi connectivity index (χ0v) is 11.5. The average Bonchev–Trinajstić information content (AvgIpc) is 2.50. The number of aryl methyl sites for hydroxylation is 1. The first kappa shape index (κ1) is 14.7. The number of hydrazone groups is 1. The lowest BCUT2D eigenvalue weighted by Crippen LogP contribution is -2.25. The van der Waals surface area contributed by atoms with E-state index < -0.39 is 12.0 Å². The summed E-state index contributed by atoms with van der Waals surface area (Å²) in [5.74, 6) is -0.563. The highest BCUT2D eigenvalue weighted by Crippen LogP contribution is 2.16. The largest absolute Gasteiger partial charge is 0.507 e. The number of amides is 1. The molecule has 2 aromatic rings. The summed E-state index contributed by atoms with van der Waals surface area (Å²) < 4.78 is 0. The van der Waals surface area contributed by atoms with Gasteiger partial charge in [-0.2, -0.15) is 5.10 Å². The molecule has 0 bridgehead atoms. The summed E-state index contributed by atoms with van der Waals surface area (Å²) in [6.07, 6.45) is 0.0484. The summed E-state index contributed by atoms with van der Waals surface area (Å²) >= 11 is 0. The van der Waals surface area contributed by atoms with Gasteiger partial charge in [0.1, 0.15) is 5.75 Å². The van der Waals surface area contributed by atoms with E-state index in [1.54, 1.807) is 48.5 Å². The smallest absolute Gasteiger partial charge is 0.273 e. The van der Waals surface area contributed by atoms with Crippen LogP contribution in [-0.4, -0.2) is 22.3 Å². The van der Waals surface area contributed by atoms with Gasteiger partial charge in [0.05, 0.1) is 6.21 Å². The Morgan fingerprint density at radius 1 is 1.24 bits per heavy atom. The molecule has 1 atom stereocenters. The molecule has 0 saturated heterocycles. The first-order valence-corrected chi connectivity index (χ1v) is 6.43. The zero-order chi connectivity index (χ0) is 15.2. The van der Waals surface area contributed by atoms with Crippen molar-refractivity contribution in [2.75, 3.05) is 0 Å². The van der Waals surface area contributed by atoms with Crippen LogP contribution in [0.1, 0.15) is 22.8 Å². The van der Waals surface area contributed by atoms with Gasteiger partial charge >= 0.3 is 0 Å². The fraction of sp³-hybridized carbons (Fsp3) is 0.125. The Morgan fingerprint density at radius 2 is 1.95 bits per heavy atom. The molecule has 0 fully saturated rings. The molecule has 5 nitrogen and oxygen atoms in total. The van der Waals surface area contributed by atoms with Gasteiger partial charge in [-0.3, -0.25) is 4.79 Å². The molecule has 21 heavy (non-hydrogen) atoms. The number of aromatic hydroxyl groups is 1. The minimum atomic E-state index is -1.28. The van der Waals surface area contributed by atoms with E-state index in [9.17, 15) is 15.0 Å². The highest BCUT2D eigenvalue weighted by Gasteiger charge is 2.15. The second-order valence-corrected chi connectivity index (χ2v) is 4.61. The molecule has 3 N–H and O–H groups in total. The SMILES string of the molecule is Cc1ccc(O)c(/C=N\NC(=O)[C@@H](O)c2ccccc2)c1. The normalized spacial score (nSPS) is 12.3. The van der Waals surface area contributed by atoms with Crippen LogP contribution in [-0.2, 0) is 4.79 Å². The fourth-order valence-corrected chi connectivity index (χ4v) is 1.79. The van der Waals surface area contributed by atoms with E-state index in [0.29, 0.717) is 11.1 Å². The summed E-state index contributed by atoms with van der Waals surface area (Å²) in [4.78, 5) is 11.7. The van der Waals surface area contributed by atoms with Crippen LogP contribution in [0, 0.1) is 6.92 Å². The zero-order valence-electron chi connectivity index (χ0n) is 11.5. The van der Waals surface area contributed by atoms with E-state index in [2.05, 4.69) is 10.5 Å². The summed E-state index contributed by atoms with van der Waals surface area (Å²) in [5.41, 5.74) is 4.19. The summed E-state index contributed by atoms with van der Waals surface area (Å²) in [5, 5.41) is 23.2. The van der Waals surface area contributed by atoms with Crippen molar-refractivity contribution in [3.8, 4) is 5.75 Å². The van der Waals surface area contributed by atoms with E-state index in [4.69, 9.17) is 0 Å². The van der Waals surface area contributed by atoms with Crippen LogP contribution in [0.5, 0.6) is 5.75 Å². The maximum atomic E-state index is 11.7. The van der Waals surface area contributed by atoms with Gasteiger partial charge in [0, 0.05) is 5.56 Å². The fourth-order valence-electron chi connectivity index (χ4n) is 1.79. The number of carbonyl (C=O) groups is 1. The van der Waals surface area contributed by atoms with Crippen molar-refractivity contribution in [1.82, 2.24) is 5.43 Å². The predicted octanol–water partition coefficient (Wildman–Crippen LogP) is 1.88. The van der Waals surface area contributed by atoms with Gasteiger partial charge in [-0.25, -0.2) is 5.43 Å². The first-order valence-electron chi connectivity index (χ1n) is 6.43. The summed E-state index contributed by atoms with van der Waals surface area (Å²) in [6.45, 7) is 1.88. The average molecular weight is 284 g/mol. The van der Waals surface area contributed by atoms with Crippen LogP contribution in [0.3, 0.4) is 0 Å². The van der Waals surface area contributed by atoms with Crippen molar-refractivity contribution in [3.05, 3.63) is 65.2 Å². The van der Waals surface area contributed by atoms with Crippen LogP contribution in [0.25, 0.3) is 0 Å². The molecule has 0 spiro atoms. The molecule has 1 amide bonds. The van der Waals surface area contributed by atoms with Crippen LogP contribution >= 0.6 is 0 Å². The monoisotopic (exact) mass is 284 g/mol. The molecule has 0 radical (unpaired) electrons. The predicted molar refractivity (Wildman–Crippen MR) is 80.0 cm³/mol. The van der Waals surface area contributed by atoms with Crippen molar-refractivity contribution in [2.45, 2.75) is 13.0 Å². The van der Waals surface area contributed by atoms with E-state index in [1.165, 1.54) is 6.21 Å². The van der Waals surface area contributed by atoms with Gasteiger partial charge in [0.25, 0.3) is 5.91 Å². The second-order valence-electron chi connectivity index (χ2n) is 4.61. The van der Waals surface area contributed by atoms with E-state index in [-0.39, 0.29) is 5.75 Å². The van der Waals surface area contributed by atoms with E-state index >= 15 is 0 Å². The number of phenols is 1. The van der Waals surface area contributed by atoms with Crippen molar-refractivity contribution >= 4 is 12.1 Å². The van der Waals surface area contributed by atoms with Crippen LogP contribution in [0.4, 0.5) is 0 Å². The molecular formula is C16H16N2O3. The molecule has 0 aliphatic carbocycles. The highest BCUT2D eigenvalue weighted by atomic mass is 16.3. The third kappa shape index (κ3) is 3.90. The minimum Gasteiger partial charge on any atom is -0.507 e. The molecule has 0 saturated carbocycles. The van der Waals surface area contributed by atoms with Gasteiger partial charge < -0.3 is 10.2 Å². The maximum Gasteiger partial charge on any atom is 0.273 e. The van der Waals surface area contributed by atoms with Crippen molar-refractivity contribution in [1.29, 1.82) is 0 Å². The maximum absolute atomic E-state index is 11.7. The first-order chi connectivity index (χ1) is 10.1. The Bertz CT molecular complexity index is 654. The highest BCUT2D eigenvalue weighted by molar-refractivity contribution is 5.86. The number of benzene rings is 2. The van der Waals surface area contributed by atoms with Gasteiger partial charge in [0.15, 0.2) is 6.10 Å². The molecule has 0 aliphatic heterocycles. The topological polar surface area (TPSA) is 81.9 Å². The van der Waals surface area contributed by atoms with Crippen molar-refractivity contribution in [3.63, 3.8) is 0 Å². The molecule has 0 aromatic heterocycles. The number of carbonyl (C=O) groups excluding carboxylic acids is 1. The number of phenolic OH excluding ortho intramolecular Hbond substituents is 1. The number of nitrogens with zero attached hydrogens (tertiary/aromatic N) is 1. The van der Waals surface area contributed by atoms with Crippen molar-refractivity contribution < 1.29 is 15.0 Å². The standard InChI is InChI=1S/C16H16N2O3/c1-11-7-8-14(19)13(9-11)10-17-18-16(21)15(20)12-5-3-2-4-6-12/h2-10,15,19-20H,1H3,(H,18,21)/b17-10-/t15-/m0/s1. The molecule has 0 unspecified atom stereocenters. The molecule has 5 heteroatoms. The lowest BCUT2D eigenvalue weighted by molar-refractivity contribution is -0.129. The molecule has 0 aliphatic rings. The summed E-state index contributed by atoms with van der Waals surface area (Å²) in [7, 11) is 0. The molecule has 2 aromatic carbocycles. The molecule has 108 valence electrons. The number of nitrogens with one attached hydrogen (secondary N) is 1. The Morgan fingerprint density at radius 3 is 2.67 bits per heavy atom. The molecule has 0 heterocycles. The Balaban J connectivity index is 2.01. The third-order valence-electron chi connectivity index (χ3n) is 2.93. The van der Waals surface area contributed by atoms with E-state index in [1.807, 2.05) is 6.92 Å². The van der Waals surface area contributed by atoms with Gasteiger partial charge in [0.2, 0.25) is 0 Å². The Labute approximate surface area is 122 Å². The summed E-state index contributed by atoms with van der Waals surface area (Å²) in [6, 6.07) is 13.6. The third-order valence-corrected chi connectivity index (χ3v) is 2.93. The molecular weight excluding hydrogens is 268 g/mol. The van der Waals surface area contributed by atoms with E-state index in [0.717, 1.165) is 5.56 Å². The number of rotatable bonds is 4. The van der Waals surface area contributed by atoms with Crippen LogP contribution in [0.2, 0.25) is 0 Å². The number of aliphatic hydroxyl groups excluding tert-OH is 1. The Kier molecular flexibility index (Phi) is 4.68. The van der Waals surface area contributed by atoms with Crippen molar-refractivity contribution in [2.24, 2.45) is 5.10 Å².